The van der Waals surface area contributed by atoms with Crippen molar-refractivity contribution in [1.82, 2.24) is 19.3 Å². The summed E-state index contributed by atoms with van der Waals surface area (Å²) < 4.78 is 49.1. The van der Waals surface area contributed by atoms with Crippen LogP contribution in [0.5, 0.6) is 0 Å². The van der Waals surface area contributed by atoms with Crippen molar-refractivity contribution in [1.29, 1.82) is 0 Å². The number of esters is 1. The van der Waals surface area contributed by atoms with E-state index < -0.39 is 35.4 Å². The van der Waals surface area contributed by atoms with E-state index in [0.717, 1.165) is 12.1 Å². The number of fused-ring (bicyclic) bond motifs is 1. The average Bonchev–Trinajstić information content (AvgIpc) is 3.24. The van der Waals surface area contributed by atoms with Gasteiger partial charge in [0.05, 0.1) is 30.9 Å². The summed E-state index contributed by atoms with van der Waals surface area (Å²) in [6.45, 7) is 4.05. The van der Waals surface area contributed by atoms with Gasteiger partial charge < -0.3 is 9.64 Å². The zero-order valence-electron chi connectivity index (χ0n) is 19.1. The van der Waals surface area contributed by atoms with Crippen LogP contribution in [-0.2, 0) is 17.7 Å². The number of nitrogens with zero attached hydrogens (tertiary/aromatic N) is 5. The number of halogens is 5. The Hall–Kier alpha value is -2.18. The van der Waals surface area contributed by atoms with E-state index in [9.17, 15) is 22.8 Å². The molecule has 4 rings (SSSR count). The van der Waals surface area contributed by atoms with Crippen molar-refractivity contribution in [2.75, 3.05) is 18.1 Å². The summed E-state index contributed by atoms with van der Waals surface area (Å²) in [5.41, 5.74) is 1.03. The Morgan fingerprint density at radius 1 is 1.33 bits per heavy atom. The van der Waals surface area contributed by atoms with Gasteiger partial charge in [-0.15, -0.1) is 0 Å². The zero-order chi connectivity index (χ0) is 26.1. The summed E-state index contributed by atoms with van der Waals surface area (Å²) in [5.74, 6) is -1.41. The van der Waals surface area contributed by atoms with Crippen LogP contribution < -0.4 is 10.5 Å². The molecule has 1 aliphatic rings. The van der Waals surface area contributed by atoms with Crippen molar-refractivity contribution < 1.29 is 22.7 Å². The Morgan fingerprint density at radius 2 is 2.08 bits per heavy atom. The molecule has 0 saturated heterocycles. The van der Waals surface area contributed by atoms with Crippen molar-refractivity contribution in [3.63, 3.8) is 0 Å². The highest BCUT2D eigenvalue weighted by molar-refractivity contribution is 14.2. The van der Waals surface area contributed by atoms with Crippen molar-refractivity contribution in [2.24, 2.45) is 0 Å². The molecular formula is C22H21ClF3IN5O3P. The summed E-state index contributed by atoms with van der Waals surface area (Å²) in [7, 11) is 0. The number of ether oxygens (including phenoxy) is 1. The maximum Gasteiger partial charge on any atom is 0.359 e. The Bertz CT molecular complexity index is 1370. The predicted molar refractivity (Wildman–Crippen MR) is 139 cm³/mol. The molecule has 0 spiro atoms. The van der Waals surface area contributed by atoms with E-state index in [1.54, 1.807) is 13.8 Å². The molecule has 0 N–H and O–H groups in total. The molecule has 2 unspecified atom stereocenters. The third-order valence-electron chi connectivity index (χ3n) is 5.98. The quantitative estimate of drug-likeness (QED) is 0.195. The van der Waals surface area contributed by atoms with E-state index in [1.807, 2.05) is 26.9 Å². The van der Waals surface area contributed by atoms with Gasteiger partial charge in [-0.1, -0.05) is 17.7 Å². The summed E-state index contributed by atoms with van der Waals surface area (Å²) >= 11 is 8.39. The highest BCUT2D eigenvalue weighted by atomic mass is 127. The SMILES string of the molecule is CCOC(=O)c1nn(C(C)c2ccc(F)cc2C(F)F)c2c1CN(c1cnn(PI)c(=O)c1Cl)CC2. The van der Waals surface area contributed by atoms with Crippen LogP contribution in [0.1, 0.15) is 59.2 Å². The molecular weight excluding hydrogens is 633 g/mol. The van der Waals surface area contributed by atoms with Gasteiger partial charge in [0.25, 0.3) is 12.0 Å². The minimum atomic E-state index is -2.88. The highest BCUT2D eigenvalue weighted by Crippen LogP contribution is 2.35. The number of anilines is 1. The lowest BCUT2D eigenvalue weighted by Gasteiger charge is -2.30. The molecule has 0 aliphatic carbocycles. The third kappa shape index (κ3) is 4.99. The summed E-state index contributed by atoms with van der Waals surface area (Å²) in [6, 6.07) is 2.53. The maximum atomic E-state index is 13.7. The molecule has 0 bridgehead atoms. The molecule has 0 fully saturated rings. The predicted octanol–water partition coefficient (Wildman–Crippen LogP) is 5.31. The Balaban J connectivity index is 1.79. The summed E-state index contributed by atoms with van der Waals surface area (Å²) in [4.78, 5) is 27.1. The van der Waals surface area contributed by atoms with Gasteiger partial charge in [0.15, 0.2) is 5.69 Å². The lowest BCUT2D eigenvalue weighted by molar-refractivity contribution is 0.0517. The van der Waals surface area contributed by atoms with Gasteiger partial charge in [0.1, 0.15) is 10.8 Å². The molecule has 8 nitrogen and oxygen atoms in total. The zero-order valence-corrected chi connectivity index (χ0v) is 23.1. The monoisotopic (exact) mass is 653 g/mol. The van der Waals surface area contributed by atoms with Gasteiger partial charge in [0, 0.05) is 36.3 Å². The van der Waals surface area contributed by atoms with Crippen LogP contribution in [-0.4, -0.2) is 38.5 Å². The Morgan fingerprint density at radius 3 is 2.75 bits per heavy atom. The lowest BCUT2D eigenvalue weighted by Crippen LogP contribution is -2.34. The van der Waals surface area contributed by atoms with Crippen LogP contribution in [0, 0.1) is 5.82 Å². The number of hydrogen-bond acceptors (Lipinski definition) is 6. The largest absolute Gasteiger partial charge is 0.461 e. The van der Waals surface area contributed by atoms with Gasteiger partial charge in [-0.3, -0.25) is 9.48 Å². The molecule has 3 aromatic rings. The van der Waals surface area contributed by atoms with Gasteiger partial charge in [-0.25, -0.2) is 22.4 Å². The van der Waals surface area contributed by atoms with Gasteiger partial charge >= 0.3 is 5.97 Å². The molecule has 192 valence electrons. The first-order valence-electron chi connectivity index (χ1n) is 10.9. The second-order valence-electron chi connectivity index (χ2n) is 8.01. The van der Waals surface area contributed by atoms with Gasteiger partial charge in [-0.05, 0) is 53.6 Å². The smallest absolute Gasteiger partial charge is 0.359 e. The number of rotatable bonds is 7. The number of carbonyl (C=O) groups is 1. The van der Waals surface area contributed by atoms with Crippen molar-refractivity contribution in [2.45, 2.75) is 39.3 Å². The summed E-state index contributed by atoms with van der Waals surface area (Å²) in [5, 5.41) is 8.64. The molecule has 3 heterocycles. The fraction of sp³-hybridized carbons (Fsp3) is 0.364. The van der Waals surface area contributed by atoms with E-state index in [4.69, 9.17) is 16.3 Å². The number of benzene rings is 1. The van der Waals surface area contributed by atoms with E-state index in [1.165, 1.54) is 21.4 Å². The van der Waals surface area contributed by atoms with Crippen LogP contribution >= 0.6 is 40.0 Å². The number of alkyl halides is 2. The van der Waals surface area contributed by atoms with Crippen molar-refractivity contribution in [3.05, 3.63) is 73.7 Å². The normalized spacial score (nSPS) is 14.5. The second-order valence-corrected chi connectivity index (χ2v) is 10.4. The van der Waals surface area contributed by atoms with Crippen molar-refractivity contribution >= 4 is 51.7 Å². The van der Waals surface area contributed by atoms with Crippen LogP contribution in [0.3, 0.4) is 0 Å². The highest BCUT2D eigenvalue weighted by Gasteiger charge is 2.33. The topological polar surface area (TPSA) is 82.2 Å². The average molecular weight is 654 g/mol. The van der Waals surface area contributed by atoms with E-state index in [2.05, 4.69) is 10.2 Å². The van der Waals surface area contributed by atoms with E-state index >= 15 is 0 Å². The molecule has 0 amide bonds. The molecule has 0 saturated carbocycles. The number of aromatic nitrogens is 4. The minimum Gasteiger partial charge on any atom is -0.461 e. The molecule has 1 aromatic carbocycles. The van der Waals surface area contributed by atoms with Crippen LogP contribution in [0.4, 0.5) is 18.9 Å². The maximum absolute atomic E-state index is 13.7. The van der Waals surface area contributed by atoms with Gasteiger partial charge in [-0.2, -0.15) is 10.2 Å². The van der Waals surface area contributed by atoms with Crippen LogP contribution in [0.25, 0.3) is 0 Å². The molecule has 14 heteroatoms. The Labute approximate surface area is 224 Å². The lowest BCUT2D eigenvalue weighted by atomic mass is 9.99. The third-order valence-corrected chi connectivity index (χ3v) is 8.18. The fourth-order valence-electron chi connectivity index (χ4n) is 4.29. The summed E-state index contributed by atoms with van der Waals surface area (Å²) in [6.07, 6.45) is -0.913. The first-order valence-corrected chi connectivity index (χ1v) is 15.4. The van der Waals surface area contributed by atoms with Crippen LogP contribution in [0.15, 0.2) is 29.2 Å². The number of hydrogen-bond donors (Lipinski definition) is 0. The molecule has 36 heavy (non-hydrogen) atoms. The first kappa shape index (κ1) is 26.9. The minimum absolute atomic E-state index is 0.0175. The van der Waals surface area contributed by atoms with Crippen LogP contribution in [0.2, 0.25) is 5.02 Å². The van der Waals surface area contributed by atoms with Gasteiger partial charge in [0.2, 0.25) is 0 Å². The molecule has 2 atom stereocenters. The first-order chi connectivity index (χ1) is 17.2. The molecule has 2 aromatic heterocycles. The Kier molecular flexibility index (Phi) is 8.25. The molecule has 0 radical (unpaired) electrons. The fourth-order valence-corrected chi connectivity index (χ4v) is 5.93. The van der Waals surface area contributed by atoms with Crippen molar-refractivity contribution in [3.8, 4) is 0 Å². The molecule has 1 aliphatic heterocycles. The number of carbonyl (C=O) groups excluding carboxylic acids is 1. The standard InChI is InChI=1S/C22H21ClF3IN5O3P/c1-3-35-22(34)19-15-10-30(17-9-28-32(36-27)21(33)18(17)23)7-6-16(15)31(29-19)11(2)13-5-4-12(24)8-14(13)20(25)26/h4-5,8-9,11,20,36H,3,6-7,10H2,1-2H3. The second kappa shape index (κ2) is 11.1. The van der Waals surface area contributed by atoms with E-state index in [0.29, 0.717) is 29.9 Å². The van der Waals surface area contributed by atoms with E-state index in [-0.39, 0.29) is 35.8 Å².